The highest BCUT2D eigenvalue weighted by Crippen LogP contribution is 2.22. The highest BCUT2D eigenvalue weighted by atomic mass is 35.5. The number of hydrogen-bond donors (Lipinski definition) is 1. The van der Waals surface area contributed by atoms with Gasteiger partial charge in [-0.15, -0.1) is 11.3 Å². The van der Waals surface area contributed by atoms with E-state index in [-0.39, 0.29) is 21.0 Å². The van der Waals surface area contributed by atoms with Crippen LogP contribution in [-0.2, 0) is 0 Å². The smallest absolute Gasteiger partial charge is 0.267 e. The van der Waals surface area contributed by atoms with Crippen molar-refractivity contribution in [3.05, 3.63) is 55.6 Å². The maximum atomic E-state index is 14.0. The molecule has 0 saturated carbocycles. The van der Waals surface area contributed by atoms with E-state index in [1.165, 1.54) is 23.5 Å². The van der Waals surface area contributed by atoms with Gasteiger partial charge in [0.1, 0.15) is 4.83 Å². The predicted molar refractivity (Wildman–Crippen MR) is 77.6 cm³/mol. The van der Waals surface area contributed by atoms with Gasteiger partial charge >= 0.3 is 0 Å². The molecule has 96 valence electrons. The molecule has 0 atom stereocenters. The molecule has 0 radical (unpaired) electrons. The molecule has 19 heavy (non-hydrogen) atoms. The third-order valence-electron chi connectivity index (χ3n) is 2.69. The molecule has 1 N–H and O–H groups in total. The summed E-state index contributed by atoms with van der Waals surface area (Å²) in [7, 11) is 0. The SMILES string of the molecule is O=c1c2ccsc2[nH]c(=S)n1-c1cccc(Cl)c1F. The van der Waals surface area contributed by atoms with Gasteiger partial charge in [-0.2, -0.15) is 0 Å². The van der Waals surface area contributed by atoms with Crippen LogP contribution in [0.3, 0.4) is 0 Å². The maximum Gasteiger partial charge on any atom is 0.267 e. The lowest BCUT2D eigenvalue weighted by Crippen LogP contribution is -2.20. The summed E-state index contributed by atoms with van der Waals surface area (Å²) in [5.74, 6) is -0.666. The Bertz CT molecular complexity index is 897. The molecule has 2 aromatic heterocycles. The average molecular weight is 313 g/mol. The zero-order valence-electron chi connectivity index (χ0n) is 9.31. The van der Waals surface area contributed by atoms with E-state index in [0.717, 1.165) is 4.57 Å². The molecule has 0 bridgehead atoms. The first-order chi connectivity index (χ1) is 9.09. The topological polar surface area (TPSA) is 37.8 Å². The normalized spacial score (nSPS) is 11.1. The summed E-state index contributed by atoms with van der Waals surface area (Å²) >= 11 is 12.2. The maximum absolute atomic E-state index is 14.0. The standard InChI is InChI=1S/C12H6ClFN2OS2/c13-7-2-1-3-8(9(7)14)16-11(17)6-4-5-19-10(6)15-12(16)18/h1-5H,(H,15,18). The number of thiophene rings is 1. The van der Waals surface area contributed by atoms with Crippen LogP contribution in [-0.4, -0.2) is 9.55 Å². The van der Waals surface area contributed by atoms with Crippen molar-refractivity contribution in [2.45, 2.75) is 0 Å². The minimum absolute atomic E-state index is 0.0480. The lowest BCUT2D eigenvalue weighted by Gasteiger charge is -2.08. The van der Waals surface area contributed by atoms with E-state index in [4.69, 9.17) is 23.8 Å². The van der Waals surface area contributed by atoms with E-state index in [1.807, 2.05) is 0 Å². The summed E-state index contributed by atoms with van der Waals surface area (Å²) in [6, 6.07) is 6.12. The quantitative estimate of drug-likeness (QED) is 0.692. The number of benzene rings is 1. The molecule has 0 aliphatic rings. The largest absolute Gasteiger partial charge is 0.323 e. The van der Waals surface area contributed by atoms with E-state index >= 15 is 0 Å². The molecule has 0 fully saturated rings. The van der Waals surface area contributed by atoms with E-state index < -0.39 is 5.82 Å². The van der Waals surface area contributed by atoms with Crippen LogP contribution < -0.4 is 5.56 Å². The van der Waals surface area contributed by atoms with Crippen LogP contribution in [0.4, 0.5) is 4.39 Å². The van der Waals surface area contributed by atoms with Crippen molar-refractivity contribution in [3.8, 4) is 5.69 Å². The molecule has 0 spiro atoms. The van der Waals surface area contributed by atoms with E-state index in [9.17, 15) is 9.18 Å². The summed E-state index contributed by atoms with van der Waals surface area (Å²) in [6.07, 6.45) is 0. The molecule has 0 aliphatic heterocycles. The number of nitrogens with one attached hydrogen (secondary N) is 1. The highest BCUT2D eigenvalue weighted by molar-refractivity contribution is 7.71. The molecular formula is C12H6ClFN2OS2. The van der Waals surface area contributed by atoms with E-state index in [2.05, 4.69) is 4.98 Å². The Morgan fingerprint density at radius 1 is 1.37 bits per heavy atom. The summed E-state index contributed by atoms with van der Waals surface area (Å²) < 4.78 is 15.3. The third-order valence-corrected chi connectivity index (χ3v) is 4.10. The van der Waals surface area contributed by atoms with Crippen molar-refractivity contribution >= 4 is 45.4 Å². The van der Waals surface area contributed by atoms with Gasteiger partial charge in [-0.25, -0.2) is 8.96 Å². The van der Waals surface area contributed by atoms with Crippen LogP contribution in [0.2, 0.25) is 5.02 Å². The van der Waals surface area contributed by atoms with Gasteiger partial charge in [0.25, 0.3) is 5.56 Å². The van der Waals surface area contributed by atoms with Crippen LogP contribution >= 0.6 is 35.2 Å². The second-order valence-electron chi connectivity index (χ2n) is 3.81. The first kappa shape index (κ1) is 12.5. The lowest BCUT2D eigenvalue weighted by atomic mass is 10.3. The van der Waals surface area contributed by atoms with Crippen LogP contribution in [0.15, 0.2) is 34.4 Å². The number of H-pyrrole nitrogens is 1. The first-order valence-corrected chi connectivity index (χ1v) is 6.93. The monoisotopic (exact) mass is 312 g/mol. The summed E-state index contributed by atoms with van der Waals surface area (Å²) in [5.41, 5.74) is -0.312. The molecule has 0 unspecified atom stereocenters. The Labute approximate surface area is 120 Å². The van der Waals surface area contributed by atoms with E-state index in [0.29, 0.717) is 10.2 Å². The van der Waals surface area contributed by atoms with Gasteiger partial charge in [0.05, 0.1) is 16.1 Å². The van der Waals surface area contributed by atoms with Crippen LogP contribution in [0, 0.1) is 10.6 Å². The fourth-order valence-electron chi connectivity index (χ4n) is 1.82. The van der Waals surface area contributed by atoms with Crippen LogP contribution in [0.1, 0.15) is 0 Å². The minimum Gasteiger partial charge on any atom is -0.323 e. The molecule has 2 heterocycles. The van der Waals surface area contributed by atoms with Crippen molar-refractivity contribution in [2.24, 2.45) is 0 Å². The molecule has 3 rings (SSSR count). The van der Waals surface area contributed by atoms with Crippen molar-refractivity contribution in [2.75, 3.05) is 0 Å². The van der Waals surface area contributed by atoms with Crippen molar-refractivity contribution in [1.82, 2.24) is 9.55 Å². The van der Waals surface area contributed by atoms with Crippen LogP contribution in [0.25, 0.3) is 15.9 Å². The third kappa shape index (κ3) is 1.92. The van der Waals surface area contributed by atoms with Crippen LogP contribution in [0.5, 0.6) is 0 Å². The molecule has 0 saturated heterocycles. The van der Waals surface area contributed by atoms with Crippen molar-refractivity contribution in [1.29, 1.82) is 0 Å². The molecule has 0 amide bonds. The van der Waals surface area contributed by atoms with Gasteiger partial charge in [-0.3, -0.25) is 4.79 Å². The Balaban J connectivity index is 2.46. The number of rotatable bonds is 1. The Hall–Kier alpha value is -1.50. The number of hydrogen-bond acceptors (Lipinski definition) is 3. The molecule has 1 aromatic carbocycles. The Morgan fingerprint density at radius 3 is 2.95 bits per heavy atom. The fraction of sp³-hybridized carbons (Fsp3) is 0. The summed E-state index contributed by atoms with van der Waals surface area (Å²) in [6.45, 7) is 0. The number of nitrogens with zero attached hydrogens (tertiary/aromatic N) is 1. The fourth-order valence-corrected chi connectivity index (χ4v) is 3.12. The predicted octanol–water partition coefficient (Wildman–Crippen LogP) is 3.90. The summed E-state index contributed by atoms with van der Waals surface area (Å²) in [5, 5.41) is 2.19. The Morgan fingerprint density at radius 2 is 2.16 bits per heavy atom. The molecular weight excluding hydrogens is 307 g/mol. The number of aromatic amines is 1. The van der Waals surface area contributed by atoms with Gasteiger partial charge in [0.2, 0.25) is 0 Å². The van der Waals surface area contributed by atoms with Crippen molar-refractivity contribution < 1.29 is 4.39 Å². The molecule has 7 heteroatoms. The number of aromatic nitrogens is 2. The van der Waals surface area contributed by atoms with Gasteiger partial charge in [0, 0.05) is 0 Å². The average Bonchev–Trinajstić information content (AvgIpc) is 2.82. The molecule has 3 nitrogen and oxygen atoms in total. The number of fused-ring (bicyclic) bond motifs is 1. The second-order valence-corrected chi connectivity index (χ2v) is 5.52. The highest BCUT2D eigenvalue weighted by Gasteiger charge is 2.13. The number of halogens is 2. The zero-order valence-corrected chi connectivity index (χ0v) is 11.7. The summed E-state index contributed by atoms with van der Waals surface area (Å²) in [4.78, 5) is 15.9. The minimum atomic E-state index is -0.666. The van der Waals surface area contributed by atoms with Gasteiger partial charge in [-0.05, 0) is 35.8 Å². The lowest BCUT2D eigenvalue weighted by molar-refractivity contribution is 0.615. The Kier molecular flexibility index (Phi) is 3.00. The van der Waals surface area contributed by atoms with E-state index in [1.54, 1.807) is 17.5 Å². The molecule has 3 aromatic rings. The first-order valence-electron chi connectivity index (χ1n) is 5.26. The zero-order chi connectivity index (χ0) is 13.6. The van der Waals surface area contributed by atoms with Gasteiger partial charge in [-0.1, -0.05) is 17.7 Å². The van der Waals surface area contributed by atoms with Gasteiger partial charge < -0.3 is 4.98 Å². The molecule has 0 aliphatic carbocycles. The van der Waals surface area contributed by atoms with Crippen molar-refractivity contribution in [3.63, 3.8) is 0 Å². The van der Waals surface area contributed by atoms with Gasteiger partial charge in [0.15, 0.2) is 10.6 Å². The second kappa shape index (κ2) is 4.56.